The largest absolute Gasteiger partial charge is 0.394 e. The first-order valence-corrected chi connectivity index (χ1v) is 8.38. The second-order valence-electron chi connectivity index (χ2n) is 4.50. The summed E-state index contributed by atoms with van der Waals surface area (Å²) in [6.45, 7) is 10.3. The molecule has 145 valence electrons. The van der Waals surface area contributed by atoms with Crippen molar-refractivity contribution < 1.29 is 38.3 Å². The highest BCUT2D eigenvalue weighted by Gasteiger charge is 1.94. The molecular formula is C16H33O8. The van der Waals surface area contributed by atoms with Gasteiger partial charge in [0.15, 0.2) is 0 Å². The van der Waals surface area contributed by atoms with Gasteiger partial charge in [-0.25, -0.2) is 0 Å². The zero-order chi connectivity index (χ0) is 17.6. The molecule has 24 heavy (non-hydrogen) atoms. The summed E-state index contributed by atoms with van der Waals surface area (Å²) in [6.07, 6.45) is 0. The molecule has 0 bridgehead atoms. The van der Waals surface area contributed by atoms with E-state index in [4.69, 9.17) is 38.3 Å². The lowest BCUT2D eigenvalue weighted by Crippen LogP contribution is -2.14. The Balaban J connectivity index is 2.93. The Morgan fingerprint density at radius 1 is 0.500 bits per heavy atom. The highest BCUT2D eigenvalue weighted by molar-refractivity contribution is 4.38. The first-order chi connectivity index (χ1) is 11.9. The van der Waals surface area contributed by atoms with E-state index in [1.54, 1.807) is 6.61 Å². The Labute approximate surface area is 145 Å². The molecule has 1 radical (unpaired) electrons. The maximum absolute atomic E-state index is 8.50. The Bertz CT molecular complexity index is 196. The van der Waals surface area contributed by atoms with Gasteiger partial charge >= 0.3 is 0 Å². The minimum absolute atomic E-state index is 0.0371. The molecule has 0 spiro atoms. The van der Waals surface area contributed by atoms with Crippen molar-refractivity contribution in [3.05, 3.63) is 6.61 Å². The van der Waals surface area contributed by atoms with E-state index in [1.165, 1.54) is 0 Å². The summed E-state index contributed by atoms with van der Waals surface area (Å²) in [5.74, 6) is 0. The summed E-state index contributed by atoms with van der Waals surface area (Å²) in [5, 5.41) is 8.50. The van der Waals surface area contributed by atoms with Gasteiger partial charge in [-0.3, -0.25) is 0 Å². The van der Waals surface area contributed by atoms with Crippen LogP contribution in [0.25, 0.3) is 0 Å². The van der Waals surface area contributed by atoms with Gasteiger partial charge in [0.2, 0.25) is 0 Å². The van der Waals surface area contributed by atoms with Crippen LogP contribution in [0.2, 0.25) is 0 Å². The molecule has 0 unspecified atom stereocenters. The van der Waals surface area contributed by atoms with Crippen molar-refractivity contribution in [3.8, 4) is 0 Å². The lowest BCUT2D eigenvalue weighted by Gasteiger charge is -2.08. The van der Waals surface area contributed by atoms with Crippen LogP contribution >= 0.6 is 0 Å². The van der Waals surface area contributed by atoms with Crippen LogP contribution in [0.1, 0.15) is 6.92 Å². The maximum Gasteiger partial charge on any atom is 0.0807 e. The van der Waals surface area contributed by atoms with E-state index >= 15 is 0 Å². The SMILES string of the molecule is C[CH]OCCOCCOCCOCCOCCOCCOCCO. The molecule has 0 atom stereocenters. The van der Waals surface area contributed by atoms with Crippen LogP contribution in [-0.2, 0) is 33.2 Å². The standard InChI is InChI=1S/C16H33O8/c1-2-18-5-6-20-9-10-22-13-14-24-16-15-23-12-11-21-8-7-19-4-3-17/h2,17H,3-16H2,1H3. The molecule has 0 aromatic rings. The predicted octanol–water partition coefficient (Wildman–Crippen LogP) is 0.277. The molecule has 0 amide bonds. The van der Waals surface area contributed by atoms with Gasteiger partial charge in [-0.15, -0.1) is 0 Å². The van der Waals surface area contributed by atoms with E-state index in [0.29, 0.717) is 85.9 Å². The minimum Gasteiger partial charge on any atom is -0.394 e. The van der Waals surface area contributed by atoms with Crippen molar-refractivity contribution in [2.24, 2.45) is 0 Å². The van der Waals surface area contributed by atoms with Crippen LogP contribution in [0.15, 0.2) is 0 Å². The second-order valence-corrected chi connectivity index (χ2v) is 4.50. The maximum atomic E-state index is 8.50. The van der Waals surface area contributed by atoms with Crippen LogP contribution < -0.4 is 0 Å². The number of aliphatic hydroxyl groups is 1. The molecule has 0 aliphatic carbocycles. The van der Waals surface area contributed by atoms with E-state index in [2.05, 4.69) is 0 Å². The van der Waals surface area contributed by atoms with Gasteiger partial charge in [0.1, 0.15) is 0 Å². The number of hydrogen-bond acceptors (Lipinski definition) is 8. The van der Waals surface area contributed by atoms with E-state index < -0.39 is 0 Å². The van der Waals surface area contributed by atoms with Crippen LogP contribution in [-0.4, -0.2) is 97.6 Å². The third-order valence-electron chi connectivity index (χ3n) is 2.61. The van der Waals surface area contributed by atoms with Crippen molar-refractivity contribution in [2.75, 3.05) is 92.5 Å². The monoisotopic (exact) mass is 353 g/mol. The average Bonchev–Trinajstić information content (AvgIpc) is 2.60. The lowest BCUT2D eigenvalue weighted by molar-refractivity contribution is -0.0201. The first-order valence-electron chi connectivity index (χ1n) is 8.38. The molecule has 0 rings (SSSR count). The molecule has 0 aliphatic heterocycles. The van der Waals surface area contributed by atoms with Gasteiger partial charge in [0, 0.05) is 0 Å². The Hall–Kier alpha value is -0.320. The molecular weight excluding hydrogens is 320 g/mol. The number of hydrogen-bond donors (Lipinski definition) is 1. The zero-order valence-corrected chi connectivity index (χ0v) is 14.8. The third-order valence-corrected chi connectivity index (χ3v) is 2.61. The molecule has 0 aliphatic rings. The summed E-state index contributed by atoms with van der Waals surface area (Å²) in [5.41, 5.74) is 0. The van der Waals surface area contributed by atoms with E-state index in [1.807, 2.05) is 6.92 Å². The smallest absolute Gasteiger partial charge is 0.0807 e. The fraction of sp³-hybridized carbons (Fsp3) is 0.938. The van der Waals surface area contributed by atoms with Crippen molar-refractivity contribution in [1.82, 2.24) is 0 Å². The van der Waals surface area contributed by atoms with Gasteiger partial charge in [-0.1, -0.05) is 0 Å². The summed E-state index contributed by atoms with van der Waals surface area (Å²) >= 11 is 0. The summed E-state index contributed by atoms with van der Waals surface area (Å²) in [4.78, 5) is 0. The van der Waals surface area contributed by atoms with E-state index in [-0.39, 0.29) is 6.61 Å². The van der Waals surface area contributed by atoms with Crippen LogP contribution in [0, 0.1) is 6.61 Å². The van der Waals surface area contributed by atoms with Gasteiger partial charge in [-0.2, -0.15) is 0 Å². The molecule has 0 aromatic carbocycles. The van der Waals surface area contributed by atoms with Crippen molar-refractivity contribution >= 4 is 0 Å². The van der Waals surface area contributed by atoms with E-state index in [9.17, 15) is 0 Å². The summed E-state index contributed by atoms with van der Waals surface area (Å²) in [7, 11) is 0. The van der Waals surface area contributed by atoms with Gasteiger partial charge in [0.25, 0.3) is 0 Å². The molecule has 8 heteroatoms. The van der Waals surface area contributed by atoms with E-state index in [0.717, 1.165) is 0 Å². The Morgan fingerprint density at radius 3 is 1.08 bits per heavy atom. The molecule has 0 fully saturated rings. The fourth-order valence-electron chi connectivity index (χ4n) is 1.49. The molecule has 8 nitrogen and oxygen atoms in total. The molecule has 0 heterocycles. The van der Waals surface area contributed by atoms with Crippen LogP contribution in [0.3, 0.4) is 0 Å². The normalized spacial score (nSPS) is 11.2. The van der Waals surface area contributed by atoms with Gasteiger partial charge in [0.05, 0.1) is 99.1 Å². The number of ether oxygens (including phenoxy) is 7. The van der Waals surface area contributed by atoms with Crippen molar-refractivity contribution in [2.45, 2.75) is 6.92 Å². The van der Waals surface area contributed by atoms with Gasteiger partial charge < -0.3 is 38.3 Å². The highest BCUT2D eigenvalue weighted by atomic mass is 16.6. The topological polar surface area (TPSA) is 84.8 Å². The van der Waals surface area contributed by atoms with Crippen molar-refractivity contribution in [3.63, 3.8) is 0 Å². The average molecular weight is 353 g/mol. The molecule has 0 saturated heterocycles. The van der Waals surface area contributed by atoms with Crippen LogP contribution in [0.5, 0.6) is 0 Å². The highest BCUT2D eigenvalue weighted by Crippen LogP contribution is 1.85. The predicted molar refractivity (Wildman–Crippen MR) is 87.9 cm³/mol. The van der Waals surface area contributed by atoms with Crippen molar-refractivity contribution in [1.29, 1.82) is 0 Å². The molecule has 0 saturated carbocycles. The van der Waals surface area contributed by atoms with Gasteiger partial charge in [-0.05, 0) is 6.92 Å². The lowest BCUT2D eigenvalue weighted by atomic mass is 10.6. The molecule has 1 N–H and O–H groups in total. The Morgan fingerprint density at radius 2 is 0.792 bits per heavy atom. The third kappa shape index (κ3) is 21.7. The Kier molecular flexibility index (Phi) is 22.4. The number of rotatable bonds is 21. The number of aliphatic hydroxyl groups excluding tert-OH is 1. The quantitative estimate of drug-likeness (QED) is 0.295. The zero-order valence-electron chi connectivity index (χ0n) is 14.8. The molecule has 0 aromatic heterocycles. The summed E-state index contributed by atoms with van der Waals surface area (Å²) < 4.78 is 36.7. The minimum atomic E-state index is 0.0371. The summed E-state index contributed by atoms with van der Waals surface area (Å²) in [6, 6.07) is 0. The first kappa shape index (κ1) is 23.7. The second kappa shape index (κ2) is 22.7. The fourth-order valence-corrected chi connectivity index (χ4v) is 1.49. The van der Waals surface area contributed by atoms with Crippen LogP contribution in [0.4, 0.5) is 0 Å².